The van der Waals surface area contributed by atoms with Gasteiger partial charge in [0, 0.05) is 13.2 Å². The highest BCUT2D eigenvalue weighted by atomic mass is 16.6. The van der Waals surface area contributed by atoms with Gasteiger partial charge in [-0.05, 0) is 12.8 Å². The molecule has 0 spiro atoms. The molecule has 264 valence electrons. The zero-order valence-corrected chi connectivity index (χ0v) is 29.7. The van der Waals surface area contributed by atoms with E-state index in [1.165, 1.54) is 159 Å². The summed E-state index contributed by atoms with van der Waals surface area (Å²) in [7, 11) is 0. The fourth-order valence-corrected chi connectivity index (χ4v) is 5.85. The molecule has 0 bridgehead atoms. The molecule has 6 heteroatoms. The number of nitrogens with zero attached hydrogens (tertiary/aromatic N) is 1. The van der Waals surface area contributed by atoms with Gasteiger partial charge in [0.1, 0.15) is 0 Å². The Hall–Kier alpha value is -0.850. The van der Waals surface area contributed by atoms with Crippen molar-refractivity contribution in [2.75, 3.05) is 39.5 Å². The number of amides is 1. The van der Waals surface area contributed by atoms with E-state index in [1.54, 1.807) is 0 Å². The fraction of sp³-hybridized carbons (Fsp3) is 0.974. The van der Waals surface area contributed by atoms with Crippen LogP contribution in [-0.2, 0) is 9.47 Å². The SMILES string of the molecule is CCCCCCCCCCCCCCCCOCC(O)CN(CCO)C(=O)OCCCCCCCCCCCCCCCC. The summed E-state index contributed by atoms with van der Waals surface area (Å²) in [6, 6.07) is 0. The van der Waals surface area contributed by atoms with Gasteiger partial charge >= 0.3 is 6.09 Å². The molecule has 0 heterocycles. The van der Waals surface area contributed by atoms with Crippen LogP contribution in [0, 0.1) is 0 Å². The maximum absolute atomic E-state index is 12.5. The fourth-order valence-electron chi connectivity index (χ4n) is 5.85. The second-order valence-electron chi connectivity index (χ2n) is 13.2. The largest absolute Gasteiger partial charge is 0.449 e. The number of hydrogen-bond donors (Lipinski definition) is 2. The summed E-state index contributed by atoms with van der Waals surface area (Å²) >= 11 is 0. The van der Waals surface area contributed by atoms with E-state index in [1.807, 2.05) is 0 Å². The van der Waals surface area contributed by atoms with Crippen LogP contribution >= 0.6 is 0 Å². The van der Waals surface area contributed by atoms with Crippen molar-refractivity contribution >= 4 is 6.09 Å². The summed E-state index contributed by atoms with van der Waals surface area (Å²) in [6.07, 6.45) is 35.4. The zero-order valence-electron chi connectivity index (χ0n) is 29.7. The predicted octanol–water partition coefficient (Wildman–Crippen LogP) is 10.8. The van der Waals surface area contributed by atoms with E-state index >= 15 is 0 Å². The summed E-state index contributed by atoms with van der Waals surface area (Å²) in [6.45, 7) is 5.90. The number of carbonyl (C=O) groups is 1. The average Bonchev–Trinajstić information content (AvgIpc) is 3.02. The molecule has 0 radical (unpaired) electrons. The highest BCUT2D eigenvalue weighted by Gasteiger charge is 2.18. The highest BCUT2D eigenvalue weighted by Crippen LogP contribution is 2.14. The molecule has 0 aliphatic carbocycles. The first-order chi connectivity index (χ1) is 21.7. The summed E-state index contributed by atoms with van der Waals surface area (Å²) in [5, 5.41) is 19.7. The molecule has 0 aromatic heterocycles. The lowest BCUT2D eigenvalue weighted by molar-refractivity contribution is 0.0103. The normalized spacial score (nSPS) is 12.1. The molecule has 0 saturated heterocycles. The summed E-state index contributed by atoms with van der Waals surface area (Å²) in [5.41, 5.74) is 0. The van der Waals surface area contributed by atoms with Crippen molar-refractivity contribution in [2.24, 2.45) is 0 Å². The second kappa shape index (κ2) is 36.6. The number of unbranched alkanes of at least 4 members (excludes halogenated alkanes) is 26. The molecule has 44 heavy (non-hydrogen) atoms. The van der Waals surface area contributed by atoms with Crippen molar-refractivity contribution in [3.8, 4) is 0 Å². The minimum Gasteiger partial charge on any atom is -0.449 e. The van der Waals surface area contributed by atoms with Gasteiger partial charge in [-0.3, -0.25) is 0 Å². The number of ether oxygens (including phenoxy) is 2. The number of rotatable bonds is 36. The lowest BCUT2D eigenvalue weighted by atomic mass is 10.0. The van der Waals surface area contributed by atoms with Crippen LogP contribution in [0.3, 0.4) is 0 Å². The monoisotopic (exact) mass is 628 g/mol. The van der Waals surface area contributed by atoms with Crippen LogP contribution in [0.5, 0.6) is 0 Å². The molecule has 6 nitrogen and oxygen atoms in total. The molecular formula is C38H77NO5. The standard InChI is InChI=1S/C38H77NO5/c1-3-5-7-9-11-13-15-17-19-21-23-25-27-29-33-43-36-37(41)35-39(31-32-40)38(42)44-34-30-28-26-24-22-20-18-16-14-12-10-8-6-4-2/h37,40-41H,3-36H2,1-2H3. The molecule has 0 saturated carbocycles. The maximum Gasteiger partial charge on any atom is 0.409 e. The minimum absolute atomic E-state index is 0.122. The van der Waals surface area contributed by atoms with Crippen molar-refractivity contribution in [2.45, 2.75) is 200 Å². The Balaban J connectivity index is 3.60. The Labute approximate surface area is 274 Å². The molecule has 1 amide bonds. The third kappa shape index (κ3) is 32.5. The minimum atomic E-state index is -0.776. The van der Waals surface area contributed by atoms with Gasteiger partial charge in [0.25, 0.3) is 0 Å². The Morgan fingerprint density at radius 2 is 0.886 bits per heavy atom. The van der Waals surface area contributed by atoms with Gasteiger partial charge in [0.05, 0.1) is 32.5 Å². The quantitative estimate of drug-likeness (QED) is 0.0676. The molecule has 0 aliphatic rings. The Morgan fingerprint density at radius 3 is 1.25 bits per heavy atom. The molecular weight excluding hydrogens is 550 g/mol. The van der Waals surface area contributed by atoms with Gasteiger partial charge < -0.3 is 24.6 Å². The van der Waals surface area contributed by atoms with E-state index < -0.39 is 12.2 Å². The van der Waals surface area contributed by atoms with E-state index in [0.29, 0.717) is 13.2 Å². The molecule has 1 atom stereocenters. The van der Waals surface area contributed by atoms with Crippen molar-refractivity contribution < 1.29 is 24.5 Å². The van der Waals surface area contributed by atoms with Gasteiger partial charge in [0.15, 0.2) is 0 Å². The van der Waals surface area contributed by atoms with E-state index in [-0.39, 0.29) is 26.3 Å². The van der Waals surface area contributed by atoms with Crippen LogP contribution in [0.25, 0.3) is 0 Å². The average molecular weight is 628 g/mol. The Kier molecular flexibility index (Phi) is 35.9. The molecule has 0 rings (SSSR count). The molecule has 0 aliphatic heterocycles. The number of hydrogen-bond acceptors (Lipinski definition) is 5. The highest BCUT2D eigenvalue weighted by molar-refractivity contribution is 5.67. The summed E-state index contributed by atoms with van der Waals surface area (Å²) in [4.78, 5) is 13.9. The third-order valence-corrected chi connectivity index (χ3v) is 8.74. The van der Waals surface area contributed by atoms with Gasteiger partial charge in [-0.2, -0.15) is 0 Å². The third-order valence-electron chi connectivity index (χ3n) is 8.74. The Morgan fingerprint density at radius 1 is 0.545 bits per heavy atom. The predicted molar refractivity (Wildman–Crippen MR) is 187 cm³/mol. The summed E-state index contributed by atoms with van der Waals surface area (Å²) in [5.74, 6) is 0. The molecule has 0 aromatic rings. The van der Waals surface area contributed by atoms with Crippen LogP contribution in [0.2, 0.25) is 0 Å². The number of aliphatic hydroxyl groups is 2. The lowest BCUT2D eigenvalue weighted by Gasteiger charge is -2.24. The first kappa shape index (κ1) is 43.1. The smallest absolute Gasteiger partial charge is 0.409 e. The zero-order chi connectivity index (χ0) is 32.2. The first-order valence-corrected chi connectivity index (χ1v) is 19.4. The van der Waals surface area contributed by atoms with Crippen molar-refractivity contribution in [1.82, 2.24) is 4.90 Å². The van der Waals surface area contributed by atoms with E-state index in [4.69, 9.17) is 9.47 Å². The maximum atomic E-state index is 12.5. The number of aliphatic hydroxyl groups excluding tert-OH is 2. The van der Waals surface area contributed by atoms with E-state index in [9.17, 15) is 15.0 Å². The van der Waals surface area contributed by atoms with Crippen LogP contribution in [-0.4, -0.2) is 66.8 Å². The lowest BCUT2D eigenvalue weighted by Crippen LogP contribution is -2.41. The number of carbonyl (C=O) groups excluding carboxylic acids is 1. The van der Waals surface area contributed by atoms with Crippen LogP contribution < -0.4 is 0 Å². The summed E-state index contributed by atoms with van der Waals surface area (Å²) < 4.78 is 11.1. The second-order valence-corrected chi connectivity index (χ2v) is 13.2. The Bertz CT molecular complexity index is 561. The van der Waals surface area contributed by atoms with Crippen molar-refractivity contribution in [1.29, 1.82) is 0 Å². The molecule has 2 N–H and O–H groups in total. The van der Waals surface area contributed by atoms with Crippen molar-refractivity contribution in [3.05, 3.63) is 0 Å². The van der Waals surface area contributed by atoms with E-state index in [0.717, 1.165) is 25.7 Å². The molecule has 1 unspecified atom stereocenters. The van der Waals surface area contributed by atoms with Crippen LogP contribution in [0.4, 0.5) is 4.79 Å². The van der Waals surface area contributed by atoms with Crippen LogP contribution in [0.1, 0.15) is 194 Å². The van der Waals surface area contributed by atoms with Gasteiger partial charge in [0.2, 0.25) is 0 Å². The van der Waals surface area contributed by atoms with Gasteiger partial charge in [-0.15, -0.1) is 0 Å². The van der Waals surface area contributed by atoms with Gasteiger partial charge in [-0.25, -0.2) is 4.79 Å². The van der Waals surface area contributed by atoms with Crippen molar-refractivity contribution in [3.63, 3.8) is 0 Å². The molecule has 0 aromatic carbocycles. The first-order valence-electron chi connectivity index (χ1n) is 19.4. The topological polar surface area (TPSA) is 79.2 Å². The van der Waals surface area contributed by atoms with Crippen LogP contribution in [0.15, 0.2) is 0 Å². The van der Waals surface area contributed by atoms with Gasteiger partial charge in [-0.1, -0.05) is 181 Å². The molecule has 0 fully saturated rings. The van der Waals surface area contributed by atoms with E-state index in [2.05, 4.69) is 13.8 Å².